The summed E-state index contributed by atoms with van der Waals surface area (Å²) in [6.07, 6.45) is 28.7. The second kappa shape index (κ2) is 28.6. The Labute approximate surface area is 213 Å². The molecule has 0 heterocycles. The van der Waals surface area contributed by atoms with Crippen LogP contribution in [-0.2, 0) is 14.3 Å². The lowest BCUT2D eigenvalue weighted by atomic mass is 10.0. The van der Waals surface area contributed by atoms with E-state index in [1.54, 1.807) is 0 Å². The zero-order valence-corrected chi connectivity index (χ0v) is 23.1. The van der Waals surface area contributed by atoms with E-state index in [9.17, 15) is 9.90 Å². The Balaban J connectivity index is 3.31. The second-order valence-electron chi connectivity index (χ2n) is 10.2. The quantitative estimate of drug-likeness (QED) is 0.0889. The third kappa shape index (κ3) is 26.0. The van der Waals surface area contributed by atoms with Crippen molar-refractivity contribution >= 4 is 5.97 Å². The molecule has 0 aromatic carbocycles. The Bertz CT molecular complexity index is 399. The molecular weight excluding hydrogens is 424 g/mol. The van der Waals surface area contributed by atoms with Crippen LogP contribution in [0.5, 0.6) is 0 Å². The van der Waals surface area contributed by atoms with E-state index in [2.05, 4.69) is 13.8 Å². The van der Waals surface area contributed by atoms with Crippen LogP contribution in [0.1, 0.15) is 162 Å². The van der Waals surface area contributed by atoms with Crippen molar-refractivity contribution in [2.24, 2.45) is 0 Å². The number of aliphatic hydroxyl groups is 1. The van der Waals surface area contributed by atoms with Gasteiger partial charge in [0.25, 0.3) is 0 Å². The Hall–Kier alpha value is -0.610. The smallest absolute Gasteiger partial charge is 0.306 e. The van der Waals surface area contributed by atoms with Gasteiger partial charge in [0.05, 0.1) is 13.2 Å². The Morgan fingerprint density at radius 3 is 1.38 bits per heavy atom. The van der Waals surface area contributed by atoms with Crippen molar-refractivity contribution in [3.8, 4) is 0 Å². The number of carbonyl (C=O) groups excluding carboxylic acids is 1. The summed E-state index contributed by atoms with van der Waals surface area (Å²) >= 11 is 0. The number of aliphatic hydroxyl groups excluding tert-OH is 1. The van der Waals surface area contributed by atoms with Crippen LogP contribution in [0.25, 0.3) is 0 Å². The summed E-state index contributed by atoms with van der Waals surface area (Å²) in [7, 11) is 0. The molecule has 0 saturated heterocycles. The molecule has 1 atom stereocenters. The van der Waals surface area contributed by atoms with E-state index in [1.165, 1.54) is 122 Å². The number of hydrogen-bond acceptors (Lipinski definition) is 4. The van der Waals surface area contributed by atoms with Gasteiger partial charge in [0, 0.05) is 13.0 Å². The van der Waals surface area contributed by atoms with E-state index in [4.69, 9.17) is 9.47 Å². The molecule has 34 heavy (non-hydrogen) atoms. The standard InChI is InChI=1S/C30H60O4/c1-3-5-7-9-10-11-12-13-14-15-16-17-18-19-20-22-24-26-33-28-29(27-31)34-30(32)25-23-21-8-6-4-2/h29,31H,3-28H2,1-2H3. The van der Waals surface area contributed by atoms with Gasteiger partial charge in [0.2, 0.25) is 0 Å². The van der Waals surface area contributed by atoms with E-state index >= 15 is 0 Å². The SMILES string of the molecule is CCCCCCCCCCCCCCCCCCCOCC(CO)OC(=O)CCCCCCC. The van der Waals surface area contributed by atoms with E-state index in [0.29, 0.717) is 19.6 Å². The molecule has 0 saturated carbocycles. The first kappa shape index (κ1) is 33.4. The van der Waals surface area contributed by atoms with Crippen LogP contribution < -0.4 is 0 Å². The molecule has 204 valence electrons. The maximum absolute atomic E-state index is 11.9. The molecule has 0 aliphatic rings. The highest BCUT2D eigenvalue weighted by Gasteiger charge is 2.13. The minimum atomic E-state index is -0.520. The van der Waals surface area contributed by atoms with Crippen molar-refractivity contribution in [1.29, 1.82) is 0 Å². The maximum Gasteiger partial charge on any atom is 0.306 e. The highest BCUT2D eigenvalue weighted by Crippen LogP contribution is 2.14. The summed E-state index contributed by atoms with van der Waals surface area (Å²) in [4.78, 5) is 11.9. The predicted molar refractivity (Wildman–Crippen MR) is 145 cm³/mol. The fourth-order valence-electron chi connectivity index (χ4n) is 4.39. The first-order chi connectivity index (χ1) is 16.7. The average molecular weight is 485 g/mol. The van der Waals surface area contributed by atoms with Crippen molar-refractivity contribution in [3.05, 3.63) is 0 Å². The molecule has 4 heteroatoms. The fourth-order valence-corrected chi connectivity index (χ4v) is 4.39. The zero-order valence-electron chi connectivity index (χ0n) is 23.1. The fraction of sp³-hybridized carbons (Fsp3) is 0.967. The van der Waals surface area contributed by atoms with Crippen LogP contribution in [0.4, 0.5) is 0 Å². The maximum atomic E-state index is 11.9. The molecule has 0 rings (SSSR count). The van der Waals surface area contributed by atoms with Crippen molar-refractivity contribution in [1.82, 2.24) is 0 Å². The molecule has 1 unspecified atom stereocenters. The van der Waals surface area contributed by atoms with E-state index < -0.39 is 6.10 Å². The van der Waals surface area contributed by atoms with Crippen LogP contribution in [0, 0.1) is 0 Å². The summed E-state index contributed by atoms with van der Waals surface area (Å²) in [6, 6.07) is 0. The van der Waals surface area contributed by atoms with Gasteiger partial charge in [0.15, 0.2) is 0 Å². The number of rotatable bonds is 28. The van der Waals surface area contributed by atoms with Crippen molar-refractivity contribution in [2.75, 3.05) is 19.8 Å². The van der Waals surface area contributed by atoms with E-state index in [1.807, 2.05) is 0 Å². The van der Waals surface area contributed by atoms with Gasteiger partial charge in [-0.3, -0.25) is 4.79 Å². The molecule has 0 bridgehead atoms. The first-order valence-electron chi connectivity index (χ1n) is 15.1. The minimum absolute atomic E-state index is 0.166. The van der Waals surface area contributed by atoms with Gasteiger partial charge in [-0.25, -0.2) is 0 Å². The Morgan fingerprint density at radius 2 is 0.971 bits per heavy atom. The number of hydrogen-bond donors (Lipinski definition) is 1. The number of carbonyl (C=O) groups is 1. The Morgan fingerprint density at radius 1 is 0.588 bits per heavy atom. The van der Waals surface area contributed by atoms with Gasteiger partial charge in [-0.1, -0.05) is 142 Å². The molecule has 0 aliphatic heterocycles. The van der Waals surface area contributed by atoms with Gasteiger partial charge in [-0.2, -0.15) is 0 Å². The van der Waals surface area contributed by atoms with Crippen LogP contribution in [-0.4, -0.2) is 37.0 Å². The van der Waals surface area contributed by atoms with Gasteiger partial charge in [-0.05, 0) is 12.8 Å². The molecule has 0 aromatic rings. The average Bonchev–Trinajstić information content (AvgIpc) is 2.84. The molecule has 0 aliphatic carbocycles. The molecule has 0 aromatic heterocycles. The molecule has 0 amide bonds. The second-order valence-corrected chi connectivity index (χ2v) is 10.2. The minimum Gasteiger partial charge on any atom is -0.457 e. The highest BCUT2D eigenvalue weighted by atomic mass is 16.6. The zero-order chi connectivity index (χ0) is 25.0. The Kier molecular flexibility index (Phi) is 28.1. The number of ether oxygens (including phenoxy) is 2. The van der Waals surface area contributed by atoms with E-state index in [0.717, 1.165) is 19.3 Å². The van der Waals surface area contributed by atoms with Crippen molar-refractivity contribution in [2.45, 2.75) is 168 Å². The predicted octanol–water partition coefficient (Wildman–Crippen LogP) is 8.92. The third-order valence-electron chi connectivity index (χ3n) is 6.68. The summed E-state index contributed by atoms with van der Waals surface area (Å²) in [6.45, 7) is 5.29. The van der Waals surface area contributed by atoms with Gasteiger partial charge in [0.1, 0.15) is 6.10 Å². The van der Waals surface area contributed by atoms with Gasteiger partial charge in [-0.15, -0.1) is 0 Å². The van der Waals surface area contributed by atoms with Crippen LogP contribution in [0.2, 0.25) is 0 Å². The van der Waals surface area contributed by atoms with Crippen LogP contribution in [0.15, 0.2) is 0 Å². The van der Waals surface area contributed by atoms with Crippen LogP contribution >= 0.6 is 0 Å². The van der Waals surface area contributed by atoms with E-state index in [-0.39, 0.29) is 12.6 Å². The molecule has 1 N–H and O–H groups in total. The summed E-state index contributed by atoms with van der Waals surface area (Å²) in [5, 5.41) is 9.41. The molecular formula is C30H60O4. The highest BCUT2D eigenvalue weighted by molar-refractivity contribution is 5.69. The van der Waals surface area contributed by atoms with Crippen molar-refractivity contribution < 1.29 is 19.4 Å². The normalized spacial score (nSPS) is 12.2. The lowest BCUT2D eigenvalue weighted by Crippen LogP contribution is -2.27. The summed E-state index contributed by atoms with van der Waals surface area (Å²) < 4.78 is 11.0. The topological polar surface area (TPSA) is 55.8 Å². The largest absolute Gasteiger partial charge is 0.457 e. The molecule has 0 fully saturated rings. The monoisotopic (exact) mass is 484 g/mol. The molecule has 4 nitrogen and oxygen atoms in total. The molecule has 0 spiro atoms. The molecule has 0 radical (unpaired) electrons. The van der Waals surface area contributed by atoms with Crippen molar-refractivity contribution in [3.63, 3.8) is 0 Å². The van der Waals surface area contributed by atoms with Gasteiger partial charge >= 0.3 is 5.97 Å². The third-order valence-corrected chi connectivity index (χ3v) is 6.68. The lowest BCUT2D eigenvalue weighted by molar-refractivity contribution is -0.154. The van der Waals surface area contributed by atoms with Crippen LogP contribution in [0.3, 0.4) is 0 Å². The number of esters is 1. The summed E-state index contributed by atoms with van der Waals surface area (Å²) in [5.74, 6) is -0.211. The lowest BCUT2D eigenvalue weighted by Gasteiger charge is -2.15. The van der Waals surface area contributed by atoms with Gasteiger partial charge < -0.3 is 14.6 Å². The number of unbranched alkanes of at least 4 members (excludes halogenated alkanes) is 20. The summed E-state index contributed by atoms with van der Waals surface area (Å²) in [5.41, 5.74) is 0. The first-order valence-corrected chi connectivity index (χ1v) is 15.1.